The lowest BCUT2D eigenvalue weighted by Gasteiger charge is -1.99. The summed E-state index contributed by atoms with van der Waals surface area (Å²) in [5.74, 6) is 0. The summed E-state index contributed by atoms with van der Waals surface area (Å²) >= 11 is 5.33. The fraction of sp³-hybridized carbons (Fsp3) is 0.250. The summed E-state index contributed by atoms with van der Waals surface area (Å²) in [6, 6.07) is 6.45. The number of benzene rings is 1. The number of aromatic nitrogens is 1. The van der Waals surface area contributed by atoms with Gasteiger partial charge in [-0.25, -0.2) is 4.98 Å². The first-order valence-corrected chi connectivity index (χ1v) is 6.81. The zero-order chi connectivity index (χ0) is 11.1. The molecular weight excluding hydrogens is 284 g/mol. The van der Waals surface area contributed by atoms with Gasteiger partial charge in [-0.2, -0.15) is 0 Å². The molecule has 16 heavy (non-hydrogen) atoms. The van der Waals surface area contributed by atoms with Crippen LogP contribution in [0.2, 0.25) is 0 Å². The maximum absolute atomic E-state index is 4.69. The molecule has 82 valence electrons. The predicted molar refractivity (Wildman–Crippen MR) is 70.8 cm³/mol. The third-order valence-corrected chi connectivity index (χ3v) is 4.29. The highest BCUT2D eigenvalue weighted by Gasteiger charge is 2.22. The van der Waals surface area contributed by atoms with E-state index in [-0.39, 0.29) is 0 Å². The fourth-order valence-corrected chi connectivity index (χ4v) is 3.60. The second kappa shape index (κ2) is 3.95. The summed E-state index contributed by atoms with van der Waals surface area (Å²) in [7, 11) is 1.96. The molecule has 0 unspecified atom stereocenters. The quantitative estimate of drug-likeness (QED) is 0.785. The van der Waals surface area contributed by atoms with Crippen molar-refractivity contribution in [3.63, 3.8) is 0 Å². The van der Waals surface area contributed by atoms with E-state index in [9.17, 15) is 0 Å². The summed E-state index contributed by atoms with van der Waals surface area (Å²) in [6.45, 7) is 0.865. The molecule has 1 N–H and O–H groups in total. The van der Waals surface area contributed by atoms with Crippen LogP contribution in [0, 0.1) is 0 Å². The Bertz CT molecular complexity index is 548. The summed E-state index contributed by atoms with van der Waals surface area (Å²) in [5, 5.41) is 4.33. The van der Waals surface area contributed by atoms with Crippen LogP contribution in [0.1, 0.15) is 15.4 Å². The molecule has 1 aliphatic carbocycles. The van der Waals surface area contributed by atoms with Crippen molar-refractivity contribution in [1.29, 1.82) is 0 Å². The van der Waals surface area contributed by atoms with Crippen LogP contribution in [-0.4, -0.2) is 12.0 Å². The normalized spacial score (nSPS) is 12.6. The smallest absolute Gasteiger partial charge is 0.107 e. The van der Waals surface area contributed by atoms with E-state index in [0.717, 1.165) is 17.4 Å². The molecule has 0 aliphatic heterocycles. The van der Waals surface area contributed by atoms with Crippen LogP contribution < -0.4 is 5.32 Å². The third kappa shape index (κ3) is 1.61. The number of fused-ring (bicyclic) bond motifs is 3. The summed E-state index contributed by atoms with van der Waals surface area (Å²) in [6.07, 6.45) is 1.03. The summed E-state index contributed by atoms with van der Waals surface area (Å²) < 4.78 is 1.15. The highest BCUT2D eigenvalue weighted by atomic mass is 79.9. The number of hydrogen-bond donors (Lipinski definition) is 1. The van der Waals surface area contributed by atoms with Gasteiger partial charge in [0.15, 0.2) is 0 Å². The number of thiazole rings is 1. The van der Waals surface area contributed by atoms with Crippen LogP contribution in [0.25, 0.3) is 11.3 Å². The van der Waals surface area contributed by atoms with Gasteiger partial charge in [0.1, 0.15) is 5.01 Å². The van der Waals surface area contributed by atoms with Crippen LogP contribution in [-0.2, 0) is 13.0 Å². The number of nitrogens with one attached hydrogen (secondary N) is 1. The van der Waals surface area contributed by atoms with Crippen LogP contribution in [0.3, 0.4) is 0 Å². The monoisotopic (exact) mass is 294 g/mol. The van der Waals surface area contributed by atoms with Gasteiger partial charge in [0, 0.05) is 27.9 Å². The third-order valence-electron chi connectivity index (χ3n) is 2.74. The first kappa shape index (κ1) is 10.4. The molecule has 1 aliphatic rings. The molecular formula is C12H11BrN2S. The van der Waals surface area contributed by atoms with Crippen molar-refractivity contribution in [2.75, 3.05) is 7.05 Å². The Balaban J connectivity index is 2.06. The molecule has 0 atom stereocenters. The van der Waals surface area contributed by atoms with Crippen molar-refractivity contribution >= 4 is 27.3 Å². The van der Waals surface area contributed by atoms with Crippen molar-refractivity contribution in [1.82, 2.24) is 10.3 Å². The van der Waals surface area contributed by atoms with Gasteiger partial charge in [-0.05, 0) is 24.7 Å². The summed E-state index contributed by atoms with van der Waals surface area (Å²) in [4.78, 5) is 6.09. The lowest BCUT2D eigenvalue weighted by Crippen LogP contribution is -2.04. The number of halogens is 1. The van der Waals surface area contributed by atoms with E-state index >= 15 is 0 Å². The standard InChI is InChI=1S/C12H11BrN2S/c1-14-6-11-15-12-9-3-2-8(13)4-7(9)5-10(12)16-11/h2-4,14H,5-6H2,1H3. The fourth-order valence-electron chi connectivity index (χ4n) is 2.07. The molecule has 0 bridgehead atoms. The van der Waals surface area contributed by atoms with E-state index in [0.29, 0.717) is 0 Å². The van der Waals surface area contributed by atoms with Crippen molar-refractivity contribution in [2.45, 2.75) is 13.0 Å². The molecule has 1 aromatic heterocycles. The van der Waals surface area contributed by atoms with E-state index in [2.05, 4.69) is 39.4 Å². The van der Waals surface area contributed by atoms with Crippen LogP contribution in [0.15, 0.2) is 22.7 Å². The molecule has 3 rings (SSSR count). The van der Waals surface area contributed by atoms with E-state index < -0.39 is 0 Å². The van der Waals surface area contributed by atoms with E-state index in [1.54, 1.807) is 0 Å². The van der Waals surface area contributed by atoms with E-state index in [1.807, 2.05) is 18.4 Å². The Morgan fingerprint density at radius 3 is 3.19 bits per heavy atom. The predicted octanol–water partition coefficient (Wildman–Crippen LogP) is 3.20. The highest BCUT2D eigenvalue weighted by Crippen LogP contribution is 2.40. The molecule has 0 fully saturated rings. The second-order valence-electron chi connectivity index (χ2n) is 3.89. The van der Waals surface area contributed by atoms with E-state index in [1.165, 1.54) is 26.7 Å². The molecule has 0 saturated carbocycles. The molecule has 0 saturated heterocycles. The van der Waals surface area contributed by atoms with Gasteiger partial charge in [0.25, 0.3) is 0 Å². The molecule has 1 aromatic carbocycles. The minimum absolute atomic E-state index is 0.865. The molecule has 0 amide bonds. The zero-order valence-electron chi connectivity index (χ0n) is 8.88. The van der Waals surface area contributed by atoms with Gasteiger partial charge in [0.05, 0.1) is 5.69 Å². The Labute approximate surface area is 107 Å². The Morgan fingerprint density at radius 2 is 2.38 bits per heavy atom. The maximum atomic E-state index is 4.69. The second-order valence-corrected chi connectivity index (χ2v) is 5.97. The van der Waals surface area contributed by atoms with Gasteiger partial charge in [-0.1, -0.05) is 22.0 Å². The molecule has 2 aromatic rings. The molecule has 1 heterocycles. The first-order valence-electron chi connectivity index (χ1n) is 5.20. The largest absolute Gasteiger partial charge is 0.314 e. The van der Waals surface area contributed by atoms with Crippen molar-refractivity contribution < 1.29 is 0 Å². The van der Waals surface area contributed by atoms with Crippen molar-refractivity contribution in [3.05, 3.63) is 38.1 Å². The SMILES string of the molecule is CNCc1nc2c(s1)Cc1cc(Br)ccc1-2. The molecule has 4 heteroatoms. The average Bonchev–Trinajstić information content (AvgIpc) is 2.74. The van der Waals surface area contributed by atoms with Gasteiger partial charge < -0.3 is 5.32 Å². The highest BCUT2D eigenvalue weighted by molar-refractivity contribution is 9.10. The summed E-state index contributed by atoms with van der Waals surface area (Å²) in [5.41, 5.74) is 3.88. The number of hydrogen-bond acceptors (Lipinski definition) is 3. The topological polar surface area (TPSA) is 24.9 Å². The van der Waals surface area contributed by atoms with Crippen molar-refractivity contribution in [3.8, 4) is 11.3 Å². The first-order chi connectivity index (χ1) is 7.78. The number of nitrogens with zero attached hydrogens (tertiary/aromatic N) is 1. The minimum atomic E-state index is 0.865. The van der Waals surface area contributed by atoms with Crippen molar-refractivity contribution in [2.24, 2.45) is 0 Å². The van der Waals surface area contributed by atoms with Crippen LogP contribution in [0.4, 0.5) is 0 Å². The van der Waals surface area contributed by atoms with E-state index in [4.69, 9.17) is 4.98 Å². The Morgan fingerprint density at radius 1 is 1.50 bits per heavy atom. The lowest BCUT2D eigenvalue weighted by atomic mass is 10.1. The maximum Gasteiger partial charge on any atom is 0.107 e. The molecule has 0 spiro atoms. The molecule has 2 nitrogen and oxygen atoms in total. The van der Waals surface area contributed by atoms with Crippen LogP contribution >= 0.6 is 27.3 Å². The van der Waals surface area contributed by atoms with Gasteiger partial charge in [-0.3, -0.25) is 0 Å². The Hall–Kier alpha value is -0.710. The zero-order valence-corrected chi connectivity index (χ0v) is 11.3. The lowest BCUT2D eigenvalue weighted by molar-refractivity contribution is 0.811. The van der Waals surface area contributed by atoms with Gasteiger partial charge >= 0.3 is 0 Å². The van der Waals surface area contributed by atoms with Crippen LogP contribution in [0.5, 0.6) is 0 Å². The van der Waals surface area contributed by atoms with Gasteiger partial charge in [0.2, 0.25) is 0 Å². The Kier molecular flexibility index (Phi) is 2.58. The van der Waals surface area contributed by atoms with Gasteiger partial charge in [-0.15, -0.1) is 11.3 Å². The average molecular weight is 295 g/mol. The molecule has 0 radical (unpaired) electrons. The minimum Gasteiger partial charge on any atom is -0.314 e. The number of rotatable bonds is 2.